The molecule has 2 heterocycles. The first kappa shape index (κ1) is 21.2. The van der Waals surface area contributed by atoms with E-state index in [1.54, 1.807) is 0 Å². The molecular formula is C24H32N4O. The van der Waals surface area contributed by atoms with Crippen LogP contribution in [0.2, 0.25) is 0 Å². The minimum Gasteiger partial charge on any atom is -0.340 e. The maximum Gasteiger partial charge on any atom is 0.223 e. The zero-order valence-corrected chi connectivity index (χ0v) is 17.4. The summed E-state index contributed by atoms with van der Waals surface area (Å²) in [5.74, 6) is 0.278. The van der Waals surface area contributed by atoms with Crippen LogP contribution in [0.4, 0.5) is 0 Å². The number of rotatable bonds is 9. The summed E-state index contributed by atoms with van der Waals surface area (Å²) in [5, 5.41) is 0. The lowest BCUT2D eigenvalue weighted by Gasteiger charge is -2.34. The fraction of sp³-hybridized carbons (Fsp3) is 0.417. The second-order valence-corrected chi connectivity index (χ2v) is 7.65. The van der Waals surface area contributed by atoms with E-state index in [-0.39, 0.29) is 5.91 Å². The molecule has 1 aromatic carbocycles. The standard InChI is InChI=1S/C24H32N4O/c1-26(16-11-23-9-13-25-14-10-23)17-12-24(29)28-20-18-27(19-21-28)15-5-8-22-6-3-2-4-7-22/h2-10,13-14H,11-12,15-21H2,1H3/b8-5+. The number of carbonyl (C=O) groups excluding carboxylic acids is 1. The number of carbonyl (C=O) groups is 1. The Bertz CT molecular complexity index is 755. The van der Waals surface area contributed by atoms with Crippen molar-refractivity contribution >= 4 is 12.0 Å². The van der Waals surface area contributed by atoms with Crippen molar-refractivity contribution in [2.45, 2.75) is 12.8 Å². The van der Waals surface area contributed by atoms with Gasteiger partial charge in [0.1, 0.15) is 0 Å². The van der Waals surface area contributed by atoms with Crippen molar-refractivity contribution in [2.24, 2.45) is 0 Å². The summed E-state index contributed by atoms with van der Waals surface area (Å²) in [6.45, 7) is 6.26. The van der Waals surface area contributed by atoms with Crippen molar-refractivity contribution in [3.63, 3.8) is 0 Å². The van der Waals surface area contributed by atoms with Gasteiger partial charge < -0.3 is 9.80 Å². The fourth-order valence-corrected chi connectivity index (χ4v) is 3.51. The summed E-state index contributed by atoms with van der Waals surface area (Å²) in [4.78, 5) is 23.3. The van der Waals surface area contributed by atoms with Crippen molar-refractivity contribution in [1.29, 1.82) is 0 Å². The molecule has 0 spiro atoms. The second-order valence-electron chi connectivity index (χ2n) is 7.65. The molecule has 1 amide bonds. The summed E-state index contributed by atoms with van der Waals surface area (Å²) < 4.78 is 0. The Morgan fingerprint density at radius 1 is 1.03 bits per heavy atom. The Hall–Kier alpha value is -2.50. The first-order valence-corrected chi connectivity index (χ1v) is 10.5. The van der Waals surface area contributed by atoms with Gasteiger partial charge in [-0.05, 0) is 36.7 Å². The van der Waals surface area contributed by atoms with Crippen LogP contribution < -0.4 is 0 Å². The lowest BCUT2D eigenvalue weighted by molar-refractivity contribution is -0.133. The first-order chi connectivity index (χ1) is 14.2. The highest BCUT2D eigenvalue weighted by molar-refractivity contribution is 5.76. The number of nitrogens with zero attached hydrogens (tertiary/aromatic N) is 4. The van der Waals surface area contributed by atoms with E-state index in [0.717, 1.165) is 52.2 Å². The molecule has 0 saturated carbocycles. The SMILES string of the molecule is CN(CCC(=O)N1CCN(C/C=C/c2ccccc2)CC1)CCc1ccncc1. The highest BCUT2D eigenvalue weighted by Crippen LogP contribution is 2.07. The normalized spacial score (nSPS) is 15.3. The van der Waals surface area contributed by atoms with Crippen LogP contribution in [0.5, 0.6) is 0 Å². The largest absolute Gasteiger partial charge is 0.340 e. The summed E-state index contributed by atoms with van der Waals surface area (Å²) in [6.07, 6.45) is 9.62. The van der Waals surface area contributed by atoms with Gasteiger partial charge in [-0.25, -0.2) is 0 Å². The van der Waals surface area contributed by atoms with Crippen LogP contribution in [0.25, 0.3) is 6.08 Å². The third-order valence-corrected chi connectivity index (χ3v) is 5.44. The van der Waals surface area contributed by atoms with E-state index >= 15 is 0 Å². The maximum absolute atomic E-state index is 12.5. The Morgan fingerprint density at radius 2 is 1.76 bits per heavy atom. The van der Waals surface area contributed by atoms with Crippen molar-refractivity contribution < 1.29 is 4.79 Å². The number of likely N-dealkylation sites (N-methyl/N-ethyl adjacent to an activating group) is 1. The van der Waals surface area contributed by atoms with Crippen molar-refractivity contribution in [3.05, 3.63) is 72.1 Å². The van der Waals surface area contributed by atoms with Crippen molar-refractivity contribution in [1.82, 2.24) is 19.7 Å². The van der Waals surface area contributed by atoms with E-state index in [1.807, 2.05) is 35.5 Å². The maximum atomic E-state index is 12.5. The van der Waals surface area contributed by atoms with Gasteiger partial charge in [0.25, 0.3) is 0 Å². The van der Waals surface area contributed by atoms with Gasteiger partial charge in [-0.3, -0.25) is 14.7 Å². The van der Waals surface area contributed by atoms with Gasteiger partial charge in [0.15, 0.2) is 0 Å². The molecule has 0 bridgehead atoms. The molecule has 1 aromatic heterocycles. The van der Waals surface area contributed by atoms with E-state index in [9.17, 15) is 4.79 Å². The smallest absolute Gasteiger partial charge is 0.223 e. The van der Waals surface area contributed by atoms with Crippen LogP contribution in [-0.2, 0) is 11.2 Å². The van der Waals surface area contributed by atoms with Gasteiger partial charge in [-0.15, -0.1) is 0 Å². The first-order valence-electron chi connectivity index (χ1n) is 10.5. The number of piperazine rings is 1. The molecule has 2 aromatic rings. The van der Waals surface area contributed by atoms with Crippen LogP contribution in [0, 0.1) is 0 Å². The van der Waals surface area contributed by atoms with E-state index in [0.29, 0.717) is 6.42 Å². The van der Waals surface area contributed by atoms with Crippen molar-refractivity contribution in [3.8, 4) is 0 Å². The Kier molecular flexibility index (Phi) is 8.40. The number of hydrogen-bond acceptors (Lipinski definition) is 4. The topological polar surface area (TPSA) is 39.7 Å². The van der Waals surface area contributed by atoms with Crippen molar-refractivity contribution in [2.75, 3.05) is 52.9 Å². The molecule has 5 heteroatoms. The van der Waals surface area contributed by atoms with Crippen LogP contribution in [0.15, 0.2) is 60.9 Å². The summed E-state index contributed by atoms with van der Waals surface area (Å²) >= 11 is 0. The van der Waals surface area contributed by atoms with Gasteiger partial charge in [0, 0.05) is 64.6 Å². The molecule has 0 atom stereocenters. The zero-order valence-electron chi connectivity index (χ0n) is 17.4. The molecule has 0 radical (unpaired) electrons. The molecule has 29 heavy (non-hydrogen) atoms. The summed E-state index contributed by atoms with van der Waals surface area (Å²) in [6, 6.07) is 14.5. The minimum atomic E-state index is 0.278. The van der Waals surface area contributed by atoms with Crippen LogP contribution in [0.1, 0.15) is 17.5 Å². The summed E-state index contributed by atoms with van der Waals surface area (Å²) in [5.41, 5.74) is 2.52. The molecule has 5 nitrogen and oxygen atoms in total. The zero-order chi connectivity index (χ0) is 20.3. The number of hydrogen-bond donors (Lipinski definition) is 0. The van der Waals surface area contributed by atoms with Gasteiger partial charge in [-0.1, -0.05) is 42.5 Å². The van der Waals surface area contributed by atoms with E-state index < -0.39 is 0 Å². The van der Waals surface area contributed by atoms with Gasteiger partial charge >= 0.3 is 0 Å². The average Bonchev–Trinajstić information content (AvgIpc) is 2.78. The molecular weight excluding hydrogens is 360 g/mol. The number of benzene rings is 1. The number of pyridine rings is 1. The van der Waals surface area contributed by atoms with E-state index in [2.05, 4.69) is 58.2 Å². The van der Waals surface area contributed by atoms with E-state index in [4.69, 9.17) is 0 Å². The Labute approximate surface area is 174 Å². The minimum absolute atomic E-state index is 0.278. The molecule has 0 unspecified atom stereocenters. The van der Waals surface area contributed by atoms with Crippen LogP contribution in [-0.4, -0.2) is 78.5 Å². The Morgan fingerprint density at radius 3 is 2.48 bits per heavy atom. The molecule has 154 valence electrons. The molecule has 1 fully saturated rings. The highest BCUT2D eigenvalue weighted by atomic mass is 16.2. The fourth-order valence-electron chi connectivity index (χ4n) is 3.51. The predicted octanol–water partition coefficient (Wildman–Crippen LogP) is 2.80. The molecule has 0 N–H and O–H groups in total. The lowest BCUT2D eigenvalue weighted by Crippen LogP contribution is -2.49. The lowest BCUT2D eigenvalue weighted by atomic mass is 10.2. The molecule has 0 aliphatic carbocycles. The van der Waals surface area contributed by atoms with E-state index in [1.165, 1.54) is 11.1 Å². The predicted molar refractivity (Wildman–Crippen MR) is 119 cm³/mol. The second kappa shape index (κ2) is 11.5. The average molecular weight is 393 g/mol. The number of aromatic nitrogens is 1. The van der Waals surface area contributed by atoms with Gasteiger partial charge in [0.05, 0.1) is 0 Å². The quantitative estimate of drug-likeness (QED) is 0.658. The molecule has 1 saturated heterocycles. The van der Waals surface area contributed by atoms with Crippen LogP contribution >= 0.6 is 0 Å². The third-order valence-electron chi connectivity index (χ3n) is 5.44. The highest BCUT2D eigenvalue weighted by Gasteiger charge is 2.20. The van der Waals surface area contributed by atoms with Gasteiger partial charge in [-0.2, -0.15) is 0 Å². The number of amides is 1. The molecule has 1 aliphatic rings. The monoisotopic (exact) mass is 392 g/mol. The molecule has 3 rings (SSSR count). The Balaban J connectivity index is 1.30. The third kappa shape index (κ3) is 7.44. The summed E-state index contributed by atoms with van der Waals surface area (Å²) in [7, 11) is 2.09. The molecule has 1 aliphatic heterocycles. The van der Waals surface area contributed by atoms with Gasteiger partial charge in [0.2, 0.25) is 5.91 Å². The van der Waals surface area contributed by atoms with Crippen LogP contribution in [0.3, 0.4) is 0 Å².